The molecule has 0 bridgehead atoms. The number of amides is 2. The summed E-state index contributed by atoms with van der Waals surface area (Å²) in [5, 5.41) is 57.3. The number of carbonyl (C=O) groups is 6. The maximum Gasteiger partial charge on any atom is 2.00 e. The molecule has 0 saturated carbocycles. The number of carboxylic acid groups (broad SMARTS) is 4. The van der Waals surface area contributed by atoms with E-state index in [-0.39, 0.29) is 86.0 Å². The van der Waals surface area contributed by atoms with E-state index < -0.39 is 47.8 Å². The fraction of sp³-hybridized carbons (Fsp3) is 0.273. The van der Waals surface area contributed by atoms with Gasteiger partial charge in [-0.15, -0.1) is 0 Å². The fourth-order valence-electron chi connectivity index (χ4n) is 2.64. The Morgan fingerprint density at radius 1 is 0.641 bits per heavy atom. The van der Waals surface area contributed by atoms with Crippen molar-refractivity contribution in [1.29, 1.82) is 0 Å². The van der Waals surface area contributed by atoms with Crippen LogP contribution in [0.1, 0.15) is 46.4 Å². The molecule has 2 atom stereocenters. The summed E-state index contributed by atoms with van der Waals surface area (Å²) in [6, 6.07) is -0.381. The summed E-state index contributed by atoms with van der Waals surface area (Å²) >= 11 is 0. The molecular formula is C22H24CaN4O12+2. The minimum atomic E-state index is -1.33. The molecule has 2 amide bonds. The quantitative estimate of drug-likeness (QED) is 0.145. The van der Waals surface area contributed by atoms with Gasteiger partial charge in [-0.2, -0.15) is 0 Å². The number of rotatable bonds is 12. The van der Waals surface area contributed by atoms with E-state index in [1.54, 1.807) is 0 Å². The zero-order chi connectivity index (χ0) is 28.8. The van der Waals surface area contributed by atoms with Crippen LogP contribution in [-0.2, 0) is 19.2 Å². The molecule has 0 fully saturated rings. The Balaban J connectivity index is 0.000000722. The van der Waals surface area contributed by atoms with E-state index in [1.165, 1.54) is 0 Å². The van der Waals surface area contributed by atoms with Crippen molar-refractivity contribution in [3.8, 4) is 11.5 Å². The minimum absolute atomic E-state index is 0. The van der Waals surface area contributed by atoms with Crippen LogP contribution in [0.4, 0.5) is 0 Å². The van der Waals surface area contributed by atoms with Gasteiger partial charge in [-0.3, -0.25) is 29.1 Å². The largest absolute Gasteiger partial charge is 2.00 e. The van der Waals surface area contributed by atoms with Crippen LogP contribution in [-0.4, -0.2) is 126 Å². The molecule has 2 rings (SSSR count). The number of carboxylic acids is 4. The van der Waals surface area contributed by atoms with Crippen LogP contribution in [0.25, 0.3) is 0 Å². The zero-order valence-electron chi connectivity index (χ0n) is 20.2. The molecule has 17 heteroatoms. The maximum absolute atomic E-state index is 11.7. The SMILES string of the molecule is O=C(O)CCC(NC(=O)c1cncc(O)c1)C(=O)O.O=C(O)CCC(NC(=O)c1cncc(O)c1)C(=O)O.[Ca+2]. The first-order chi connectivity index (χ1) is 17.8. The summed E-state index contributed by atoms with van der Waals surface area (Å²) in [4.78, 5) is 73.0. The molecule has 0 aliphatic rings. The van der Waals surface area contributed by atoms with Crippen LogP contribution in [0, 0.1) is 0 Å². The average molecular weight is 577 g/mol. The van der Waals surface area contributed by atoms with E-state index in [9.17, 15) is 28.8 Å². The Labute approximate surface area is 249 Å². The van der Waals surface area contributed by atoms with Gasteiger partial charge in [0, 0.05) is 25.2 Å². The van der Waals surface area contributed by atoms with E-state index in [4.69, 9.17) is 30.6 Å². The molecule has 8 N–H and O–H groups in total. The number of pyridine rings is 2. The standard InChI is InChI=1S/2C11H12N2O6.Ca/c2*14-7-3-6(4-12-5-7)10(17)13-8(11(18)19)1-2-9(15)16;/h2*3-5,8,14H,1-2H2,(H,13,17)(H,15,16)(H,18,19);/q;;+2. The molecule has 0 spiro atoms. The van der Waals surface area contributed by atoms with E-state index >= 15 is 0 Å². The van der Waals surface area contributed by atoms with Crippen LogP contribution in [0.15, 0.2) is 36.9 Å². The van der Waals surface area contributed by atoms with E-state index in [2.05, 4.69) is 20.6 Å². The van der Waals surface area contributed by atoms with Gasteiger partial charge < -0.3 is 41.3 Å². The summed E-state index contributed by atoms with van der Waals surface area (Å²) in [7, 11) is 0. The molecule has 0 aliphatic carbocycles. The van der Waals surface area contributed by atoms with Crippen LogP contribution >= 0.6 is 0 Å². The molecule has 39 heavy (non-hydrogen) atoms. The summed E-state index contributed by atoms with van der Waals surface area (Å²) < 4.78 is 0. The molecule has 0 radical (unpaired) electrons. The molecule has 0 aromatic carbocycles. The second-order valence-corrected chi connectivity index (χ2v) is 7.46. The third-order valence-electron chi connectivity index (χ3n) is 4.47. The zero-order valence-corrected chi connectivity index (χ0v) is 22.4. The van der Waals surface area contributed by atoms with Gasteiger partial charge in [0.1, 0.15) is 23.6 Å². The van der Waals surface area contributed by atoms with Crippen molar-refractivity contribution in [2.75, 3.05) is 0 Å². The summed E-state index contributed by atoms with van der Waals surface area (Å²) in [5.74, 6) is -6.93. The first-order valence-corrected chi connectivity index (χ1v) is 10.6. The van der Waals surface area contributed by atoms with Crippen LogP contribution < -0.4 is 10.6 Å². The molecule has 2 aromatic heterocycles. The number of hydrogen-bond donors (Lipinski definition) is 8. The number of carbonyl (C=O) groups excluding carboxylic acids is 2. The Morgan fingerprint density at radius 2 is 0.974 bits per heavy atom. The summed E-state index contributed by atoms with van der Waals surface area (Å²) in [6.07, 6.45) is 3.33. The van der Waals surface area contributed by atoms with Gasteiger partial charge >= 0.3 is 61.6 Å². The number of nitrogens with zero attached hydrogens (tertiary/aromatic N) is 2. The first-order valence-electron chi connectivity index (χ1n) is 10.6. The van der Waals surface area contributed by atoms with Crippen molar-refractivity contribution in [1.82, 2.24) is 20.6 Å². The fourth-order valence-corrected chi connectivity index (χ4v) is 2.64. The van der Waals surface area contributed by atoms with Gasteiger partial charge in [-0.25, -0.2) is 9.59 Å². The van der Waals surface area contributed by atoms with Crippen molar-refractivity contribution in [3.05, 3.63) is 48.0 Å². The average Bonchev–Trinajstić information content (AvgIpc) is 2.83. The molecule has 0 saturated heterocycles. The van der Waals surface area contributed by atoms with Crippen LogP contribution in [0.5, 0.6) is 11.5 Å². The maximum atomic E-state index is 11.7. The summed E-state index contributed by atoms with van der Waals surface area (Å²) in [5.41, 5.74) is -0.0249. The molecule has 16 nitrogen and oxygen atoms in total. The van der Waals surface area contributed by atoms with Crippen molar-refractivity contribution < 1.29 is 59.4 Å². The number of hydrogen-bond acceptors (Lipinski definition) is 10. The van der Waals surface area contributed by atoms with Gasteiger partial charge in [0.15, 0.2) is 0 Å². The second kappa shape index (κ2) is 17.5. The third-order valence-corrected chi connectivity index (χ3v) is 4.47. The van der Waals surface area contributed by atoms with Crippen LogP contribution in [0.3, 0.4) is 0 Å². The normalized spacial score (nSPS) is 11.3. The molecule has 2 heterocycles. The molecule has 2 unspecified atom stereocenters. The van der Waals surface area contributed by atoms with Gasteiger partial charge in [-0.05, 0) is 25.0 Å². The van der Waals surface area contributed by atoms with Crippen molar-refractivity contribution in [3.63, 3.8) is 0 Å². The van der Waals surface area contributed by atoms with Crippen molar-refractivity contribution >= 4 is 73.4 Å². The Bertz CT molecular complexity index is 1100. The third kappa shape index (κ3) is 13.9. The van der Waals surface area contributed by atoms with E-state index in [0.29, 0.717) is 0 Å². The van der Waals surface area contributed by atoms with Crippen molar-refractivity contribution in [2.24, 2.45) is 0 Å². The summed E-state index contributed by atoms with van der Waals surface area (Å²) in [6.45, 7) is 0. The monoisotopic (exact) mass is 576 g/mol. The van der Waals surface area contributed by atoms with Gasteiger partial charge in [0.2, 0.25) is 0 Å². The topological polar surface area (TPSA) is 274 Å². The second-order valence-electron chi connectivity index (χ2n) is 7.46. The molecule has 2 aromatic rings. The van der Waals surface area contributed by atoms with Gasteiger partial charge in [-0.1, -0.05) is 0 Å². The Hall–Kier alpha value is -4.02. The Kier molecular flexibility index (Phi) is 15.7. The van der Waals surface area contributed by atoms with Gasteiger partial charge in [0.05, 0.1) is 23.5 Å². The Morgan fingerprint density at radius 3 is 1.23 bits per heavy atom. The first kappa shape index (κ1) is 35.0. The van der Waals surface area contributed by atoms with E-state index in [0.717, 1.165) is 36.9 Å². The van der Waals surface area contributed by atoms with E-state index in [1.807, 2.05) is 0 Å². The van der Waals surface area contributed by atoms with Crippen molar-refractivity contribution in [2.45, 2.75) is 37.8 Å². The molecule has 0 aliphatic heterocycles. The molecular weight excluding hydrogens is 552 g/mol. The number of aromatic hydroxyl groups is 2. The minimum Gasteiger partial charge on any atom is -0.506 e. The number of nitrogens with one attached hydrogen (secondary N) is 2. The predicted octanol–water partition coefficient (Wildman–Crippen LogP) is -0.711. The van der Waals surface area contributed by atoms with Gasteiger partial charge in [0.25, 0.3) is 11.8 Å². The number of aliphatic carboxylic acids is 4. The number of aromatic nitrogens is 2. The smallest absolute Gasteiger partial charge is 0.506 e. The molecule has 204 valence electrons. The van der Waals surface area contributed by atoms with Crippen LogP contribution in [0.2, 0.25) is 0 Å². The predicted molar refractivity (Wildman–Crippen MR) is 129 cm³/mol.